The second-order valence-corrected chi connectivity index (χ2v) is 7.42. The summed E-state index contributed by atoms with van der Waals surface area (Å²) in [6.07, 6.45) is 0. The van der Waals surface area contributed by atoms with Gasteiger partial charge < -0.3 is 19.5 Å². The van der Waals surface area contributed by atoms with Crippen LogP contribution in [0.15, 0.2) is 30.3 Å². The van der Waals surface area contributed by atoms with E-state index in [4.69, 9.17) is 21.1 Å². The number of halogens is 1. The normalized spacial score (nSPS) is 12.3. The van der Waals surface area contributed by atoms with Gasteiger partial charge in [0.1, 0.15) is 11.5 Å². The Morgan fingerprint density at radius 2 is 2.00 bits per heavy atom. The number of ketones is 1. The number of carbonyl (C=O) groups excluding carboxylic acids is 4. The van der Waals surface area contributed by atoms with Gasteiger partial charge in [-0.05, 0) is 36.8 Å². The second kappa shape index (κ2) is 9.92. The van der Waals surface area contributed by atoms with E-state index in [1.54, 1.807) is 13.0 Å². The van der Waals surface area contributed by atoms with Crippen molar-refractivity contribution in [2.24, 2.45) is 0 Å². The third-order valence-corrected chi connectivity index (χ3v) is 5.18. The van der Waals surface area contributed by atoms with Crippen molar-refractivity contribution in [1.29, 1.82) is 0 Å². The molecule has 32 heavy (non-hydrogen) atoms. The Labute approximate surface area is 193 Å². The number of esters is 1. The fourth-order valence-electron chi connectivity index (χ4n) is 3.19. The van der Waals surface area contributed by atoms with Crippen LogP contribution in [0.5, 0.6) is 11.5 Å². The molecule has 0 saturated carbocycles. The molecule has 0 fully saturated rings. The van der Waals surface area contributed by atoms with Crippen molar-refractivity contribution in [2.75, 3.05) is 19.8 Å². The van der Waals surface area contributed by atoms with Gasteiger partial charge in [0.05, 0.1) is 23.7 Å². The van der Waals surface area contributed by atoms with E-state index in [9.17, 15) is 24.3 Å². The van der Waals surface area contributed by atoms with Crippen molar-refractivity contribution >= 4 is 48.0 Å². The third kappa shape index (κ3) is 4.97. The Morgan fingerprint density at radius 3 is 2.69 bits per heavy atom. The summed E-state index contributed by atoms with van der Waals surface area (Å²) >= 11 is 9.84. The summed E-state index contributed by atoms with van der Waals surface area (Å²) in [4.78, 5) is 49.8. The molecule has 0 atom stereocenters. The largest absolute Gasteiger partial charge is 0.507 e. The number of thiol groups is 1. The average Bonchev–Trinajstić information content (AvgIpc) is 3.08. The van der Waals surface area contributed by atoms with Crippen LogP contribution in [0.1, 0.15) is 43.6 Å². The summed E-state index contributed by atoms with van der Waals surface area (Å²) in [5, 5.41) is 10.3. The van der Waals surface area contributed by atoms with Crippen LogP contribution < -0.4 is 9.46 Å². The van der Waals surface area contributed by atoms with E-state index in [2.05, 4.69) is 17.5 Å². The fourth-order valence-corrected chi connectivity index (χ4v) is 3.54. The van der Waals surface area contributed by atoms with Crippen LogP contribution in [0.3, 0.4) is 0 Å². The van der Waals surface area contributed by atoms with Gasteiger partial charge in [0.2, 0.25) is 0 Å². The molecule has 0 spiro atoms. The van der Waals surface area contributed by atoms with Crippen LogP contribution in [0.25, 0.3) is 0 Å². The van der Waals surface area contributed by atoms with Gasteiger partial charge in [0.15, 0.2) is 12.4 Å². The van der Waals surface area contributed by atoms with Gasteiger partial charge in [-0.15, -0.1) is 0 Å². The van der Waals surface area contributed by atoms with Gasteiger partial charge in [0, 0.05) is 23.7 Å². The molecule has 9 nitrogen and oxygen atoms in total. The van der Waals surface area contributed by atoms with E-state index in [-0.39, 0.29) is 41.9 Å². The SMILES string of the molecule is CCOC(=O)COc1cc(O)c(C(=O)CN2Cc3cc(C(=O)NS)ccc3C2=O)cc1Cl. The van der Waals surface area contributed by atoms with Crippen molar-refractivity contribution in [2.45, 2.75) is 13.5 Å². The van der Waals surface area contributed by atoms with Crippen molar-refractivity contribution in [3.63, 3.8) is 0 Å². The average molecular weight is 479 g/mol. The van der Waals surface area contributed by atoms with Crippen LogP contribution in [0.4, 0.5) is 0 Å². The highest BCUT2D eigenvalue weighted by molar-refractivity contribution is 7.78. The van der Waals surface area contributed by atoms with Crippen molar-refractivity contribution in [3.05, 3.63) is 57.6 Å². The number of phenolic OH excluding ortho intramolecular Hbond substituents is 1. The maximum absolute atomic E-state index is 12.8. The molecule has 2 N–H and O–H groups in total. The molecule has 11 heteroatoms. The number of benzene rings is 2. The molecule has 2 aromatic carbocycles. The monoisotopic (exact) mass is 478 g/mol. The summed E-state index contributed by atoms with van der Waals surface area (Å²) in [5.74, 6) is -2.33. The summed E-state index contributed by atoms with van der Waals surface area (Å²) in [6.45, 7) is 1.25. The van der Waals surface area contributed by atoms with Crippen molar-refractivity contribution in [1.82, 2.24) is 9.62 Å². The van der Waals surface area contributed by atoms with E-state index in [1.807, 2.05) is 0 Å². The van der Waals surface area contributed by atoms with E-state index >= 15 is 0 Å². The lowest BCUT2D eigenvalue weighted by molar-refractivity contribution is -0.145. The molecular formula is C21H19ClN2O7S. The molecule has 0 radical (unpaired) electrons. The van der Waals surface area contributed by atoms with Gasteiger partial charge in [-0.3, -0.25) is 19.1 Å². The summed E-state index contributed by atoms with van der Waals surface area (Å²) in [7, 11) is 0. The molecule has 2 aromatic rings. The van der Waals surface area contributed by atoms with Gasteiger partial charge >= 0.3 is 5.97 Å². The Bertz CT molecular complexity index is 1110. The standard InChI is InChI=1S/C21H19ClN2O7S/c1-2-30-19(27)10-31-18-7-16(25)14(6-15(18)22)17(26)9-24-8-12-5-11(20(28)23-32)3-4-13(12)21(24)29/h3-7,25,32H,2,8-10H2,1H3,(H,23,28). The first-order chi connectivity index (χ1) is 15.2. The first-order valence-corrected chi connectivity index (χ1v) is 10.3. The van der Waals surface area contributed by atoms with Crippen molar-refractivity contribution < 1.29 is 33.8 Å². The molecule has 1 aliphatic heterocycles. The molecule has 1 heterocycles. The number of rotatable bonds is 8. The number of Topliss-reactive ketones (excluding diaryl/α,β-unsaturated/α-hetero) is 1. The zero-order chi connectivity index (χ0) is 23.4. The van der Waals surface area contributed by atoms with Crippen molar-refractivity contribution in [3.8, 4) is 11.5 Å². The fraction of sp³-hybridized carbons (Fsp3) is 0.238. The van der Waals surface area contributed by atoms with Crippen LogP contribution in [0, 0.1) is 0 Å². The summed E-state index contributed by atoms with van der Waals surface area (Å²) in [5.41, 5.74) is 1.22. The molecule has 2 amide bonds. The highest BCUT2D eigenvalue weighted by Gasteiger charge is 2.30. The number of hydrogen-bond donors (Lipinski definition) is 3. The molecule has 3 rings (SSSR count). The topological polar surface area (TPSA) is 122 Å². The molecule has 0 saturated heterocycles. The first-order valence-electron chi connectivity index (χ1n) is 9.45. The number of nitrogens with one attached hydrogen (secondary N) is 1. The molecule has 0 aliphatic carbocycles. The highest BCUT2D eigenvalue weighted by atomic mass is 35.5. The minimum absolute atomic E-state index is 0.00780. The quantitative estimate of drug-likeness (QED) is 0.302. The number of aromatic hydroxyl groups is 1. The Hall–Kier alpha value is -3.24. The minimum atomic E-state index is -0.606. The van der Waals surface area contributed by atoms with E-state index in [1.165, 1.54) is 23.1 Å². The third-order valence-electron chi connectivity index (χ3n) is 4.68. The second-order valence-electron chi connectivity index (χ2n) is 6.79. The van der Waals surface area contributed by atoms with Gasteiger partial charge in [-0.1, -0.05) is 24.4 Å². The zero-order valence-electron chi connectivity index (χ0n) is 16.9. The lowest BCUT2D eigenvalue weighted by atomic mass is 10.1. The lowest BCUT2D eigenvalue weighted by Crippen LogP contribution is -2.30. The maximum atomic E-state index is 12.8. The smallest absolute Gasteiger partial charge is 0.344 e. The van der Waals surface area contributed by atoms with Crippen LogP contribution >= 0.6 is 24.4 Å². The van der Waals surface area contributed by atoms with E-state index in [0.717, 1.165) is 6.07 Å². The molecule has 0 aromatic heterocycles. The predicted molar refractivity (Wildman–Crippen MR) is 117 cm³/mol. The van der Waals surface area contributed by atoms with Crippen LogP contribution in [0.2, 0.25) is 5.02 Å². The van der Waals surface area contributed by atoms with Gasteiger partial charge in [0.25, 0.3) is 11.8 Å². The Morgan fingerprint density at radius 1 is 1.25 bits per heavy atom. The number of nitrogens with zero attached hydrogens (tertiary/aromatic N) is 1. The first kappa shape index (κ1) is 23.4. The number of amides is 2. The molecule has 1 aliphatic rings. The molecule has 0 bridgehead atoms. The van der Waals surface area contributed by atoms with E-state index < -0.39 is 30.0 Å². The van der Waals surface area contributed by atoms with Gasteiger partial charge in [-0.2, -0.15) is 0 Å². The molecule has 168 valence electrons. The molecular weight excluding hydrogens is 460 g/mol. The number of phenols is 1. The number of hydrogen-bond acceptors (Lipinski definition) is 8. The summed E-state index contributed by atoms with van der Waals surface area (Å²) < 4.78 is 12.2. The zero-order valence-corrected chi connectivity index (χ0v) is 18.5. The van der Waals surface area contributed by atoms with Gasteiger partial charge in [-0.25, -0.2) is 4.79 Å². The maximum Gasteiger partial charge on any atom is 0.344 e. The molecule has 0 unspecified atom stereocenters. The lowest BCUT2D eigenvalue weighted by Gasteiger charge is -2.16. The highest BCUT2D eigenvalue weighted by Crippen LogP contribution is 2.33. The number of fused-ring (bicyclic) bond motifs is 1. The Kier molecular flexibility index (Phi) is 7.26. The van der Waals surface area contributed by atoms with E-state index in [0.29, 0.717) is 16.7 Å². The number of ether oxygens (including phenoxy) is 2. The summed E-state index contributed by atoms with van der Waals surface area (Å²) in [6, 6.07) is 6.91. The minimum Gasteiger partial charge on any atom is -0.507 e. The predicted octanol–water partition coefficient (Wildman–Crippen LogP) is 2.40. The van der Waals surface area contributed by atoms with Crippen LogP contribution in [-0.2, 0) is 16.1 Å². The van der Waals surface area contributed by atoms with Crippen LogP contribution in [-0.4, -0.2) is 53.3 Å². The Balaban J connectivity index is 1.71. The number of carbonyl (C=O) groups is 4.